The Morgan fingerprint density at radius 2 is 2.25 bits per heavy atom. The number of H-pyrrole nitrogens is 1. The van der Waals surface area contributed by atoms with E-state index in [9.17, 15) is 0 Å². The number of hydrogen-bond donors (Lipinski definition) is 2. The molecule has 0 saturated heterocycles. The molecule has 1 aliphatic carbocycles. The molecule has 3 rings (SSSR count). The number of benzene rings is 1. The van der Waals surface area contributed by atoms with Crippen molar-refractivity contribution in [3.05, 3.63) is 34.5 Å². The van der Waals surface area contributed by atoms with Crippen molar-refractivity contribution < 1.29 is 0 Å². The highest BCUT2D eigenvalue weighted by Gasteiger charge is 2.20. The molecule has 0 amide bonds. The third-order valence-corrected chi connectivity index (χ3v) is 3.70. The zero-order chi connectivity index (χ0) is 11.1. The molecule has 0 spiro atoms. The van der Waals surface area contributed by atoms with Crippen LogP contribution in [0.25, 0.3) is 10.9 Å². The molecule has 0 radical (unpaired) electrons. The number of aromatic nitrogens is 1. The first-order valence-corrected chi connectivity index (χ1v) is 6.12. The molecule has 1 aromatic carbocycles. The summed E-state index contributed by atoms with van der Waals surface area (Å²) in [5.74, 6) is 0. The van der Waals surface area contributed by atoms with E-state index >= 15 is 0 Å². The van der Waals surface area contributed by atoms with Crippen molar-refractivity contribution in [3.8, 4) is 0 Å². The van der Waals surface area contributed by atoms with Crippen molar-refractivity contribution >= 4 is 22.5 Å². The third kappa shape index (κ3) is 1.72. The van der Waals surface area contributed by atoms with Crippen LogP contribution < -0.4 is 5.32 Å². The second-order valence-electron chi connectivity index (χ2n) is 4.56. The molecule has 2 N–H and O–H groups in total. The molecule has 3 heteroatoms. The van der Waals surface area contributed by atoms with E-state index in [4.69, 9.17) is 11.6 Å². The second kappa shape index (κ2) is 3.79. The van der Waals surface area contributed by atoms with Gasteiger partial charge in [0.15, 0.2) is 0 Å². The van der Waals surface area contributed by atoms with Crippen LogP contribution in [0.5, 0.6) is 0 Å². The topological polar surface area (TPSA) is 27.8 Å². The van der Waals surface area contributed by atoms with Crippen LogP contribution in [0.3, 0.4) is 0 Å². The molecule has 1 saturated carbocycles. The van der Waals surface area contributed by atoms with Crippen molar-refractivity contribution in [1.82, 2.24) is 10.3 Å². The molecule has 1 aromatic heterocycles. The number of rotatable bonds is 3. The van der Waals surface area contributed by atoms with Crippen LogP contribution >= 0.6 is 11.6 Å². The van der Waals surface area contributed by atoms with Crippen LogP contribution in [-0.4, -0.2) is 11.0 Å². The monoisotopic (exact) mass is 234 g/mol. The van der Waals surface area contributed by atoms with Crippen LogP contribution in [0.4, 0.5) is 0 Å². The van der Waals surface area contributed by atoms with Crippen molar-refractivity contribution in [2.45, 2.75) is 32.4 Å². The first-order chi connectivity index (χ1) is 7.75. The molecule has 16 heavy (non-hydrogen) atoms. The largest absolute Gasteiger partial charge is 0.361 e. The summed E-state index contributed by atoms with van der Waals surface area (Å²) >= 11 is 6.10. The molecule has 84 valence electrons. The van der Waals surface area contributed by atoms with Crippen molar-refractivity contribution in [1.29, 1.82) is 0 Å². The van der Waals surface area contributed by atoms with Gasteiger partial charge < -0.3 is 10.3 Å². The summed E-state index contributed by atoms with van der Waals surface area (Å²) < 4.78 is 0. The summed E-state index contributed by atoms with van der Waals surface area (Å²) in [5.41, 5.74) is 3.64. The normalized spacial score (nSPS) is 15.9. The molecule has 1 fully saturated rings. The first kappa shape index (κ1) is 10.2. The van der Waals surface area contributed by atoms with E-state index in [1.807, 2.05) is 6.07 Å². The highest BCUT2D eigenvalue weighted by atomic mass is 35.5. The van der Waals surface area contributed by atoms with E-state index in [1.165, 1.54) is 29.3 Å². The predicted octanol–water partition coefficient (Wildman–Crippen LogP) is 3.38. The smallest absolute Gasteiger partial charge is 0.0501 e. The van der Waals surface area contributed by atoms with E-state index in [0.29, 0.717) is 0 Å². The molecule has 2 aromatic rings. The lowest BCUT2D eigenvalue weighted by Gasteiger charge is -2.03. The van der Waals surface area contributed by atoms with Gasteiger partial charge in [0.25, 0.3) is 0 Å². The van der Waals surface area contributed by atoms with Gasteiger partial charge in [0.2, 0.25) is 0 Å². The Bertz CT molecular complexity index is 526. The summed E-state index contributed by atoms with van der Waals surface area (Å²) in [7, 11) is 0. The fourth-order valence-electron chi connectivity index (χ4n) is 2.06. The van der Waals surface area contributed by atoms with Crippen LogP contribution in [0.2, 0.25) is 5.02 Å². The van der Waals surface area contributed by atoms with Gasteiger partial charge >= 0.3 is 0 Å². The average Bonchev–Trinajstić information content (AvgIpc) is 3.01. The number of nitrogens with one attached hydrogen (secondary N) is 2. The molecule has 0 unspecified atom stereocenters. The van der Waals surface area contributed by atoms with E-state index in [-0.39, 0.29) is 0 Å². The number of halogens is 1. The molecule has 0 bridgehead atoms. The van der Waals surface area contributed by atoms with Gasteiger partial charge in [-0.05, 0) is 37.0 Å². The lowest BCUT2D eigenvalue weighted by atomic mass is 10.1. The van der Waals surface area contributed by atoms with Crippen LogP contribution in [0.15, 0.2) is 18.3 Å². The fourth-order valence-corrected chi connectivity index (χ4v) is 2.22. The SMILES string of the molecule is Cc1c(Cl)ccc2c(CNC3CC3)c[nH]c12. The molecule has 1 heterocycles. The van der Waals surface area contributed by atoms with Gasteiger partial charge in [-0.3, -0.25) is 0 Å². The second-order valence-corrected chi connectivity index (χ2v) is 4.97. The van der Waals surface area contributed by atoms with Gasteiger partial charge in [0.1, 0.15) is 0 Å². The lowest BCUT2D eigenvalue weighted by molar-refractivity contribution is 0.691. The zero-order valence-electron chi connectivity index (χ0n) is 9.31. The Morgan fingerprint density at radius 1 is 1.44 bits per heavy atom. The molecule has 2 nitrogen and oxygen atoms in total. The highest BCUT2D eigenvalue weighted by molar-refractivity contribution is 6.32. The summed E-state index contributed by atoms with van der Waals surface area (Å²) in [5, 5.41) is 5.65. The van der Waals surface area contributed by atoms with Gasteiger partial charge in [-0.25, -0.2) is 0 Å². The van der Waals surface area contributed by atoms with Crippen molar-refractivity contribution in [3.63, 3.8) is 0 Å². The zero-order valence-corrected chi connectivity index (χ0v) is 10.1. The number of aryl methyl sites for hydroxylation is 1. The Balaban J connectivity index is 1.96. The van der Waals surface area contributed by atoms with E-state index in [2.05, 4.69) is 29.5 Å². The fraction of sp³-hybridized carbons (Fsp3) is 0.385. The Kier molecular flexibility index (Phi) is 2.41. The Labute approximate surface area is 100.0 Å². The number of aromatic amines is 1. The lowest BCUT2D eigenvalue weighted by Crippen LogP contribution is -2.14. The van der Waals surface area contributed by atoms with Crippen LogP contribution in [0.1, 0.15) is 24.0 Å². The van der Waals surface area contributed by atoms with Gasteiger partial charge in [-0.1, -0.05) is 17.7 Å². The quantitative estimate of drug-likeness (QED) is 0.837. The highest BCUT2D eigenvalue weighted by Crippen LogP contribution is 2.27. The molecule has 0 atom stereocenters. The third-order valence-electron chi connectivity index (χ3n) is 3.29. The number of hydrogen-bond acceptors (Lipinski definition) is 1. The van der Waals surface area contributed by atoms with E-state index < -0.39 is 0 Å². The molecule has 0 aliphatic heterocycles. The minimum atomic E-state index is 0.748. The van der Waals surface area contributed by atoms with Crippen LogP contribution in [0, 0.1) is 6.92 Å². The minimum absolute atomic E-state index is 0.748. The van der Waals surface area contributed by atoms with Gasteiger partial charge in [-0.2, -0.15) is 0 Å². The Morgan fingerprint density at radius 3 is 3.00 bits per heavy atom. The summed E-state index contributed by atoms with van der Waals surface area (Å²) in [6.45, 7) is 3.00. The molecular weight excluding hydrogens is 220 g/mol. The maximum Gasteiger partial charge on any atom is 0.0501 e. The minimum Gasteiger partial charge on any atom is -0.361 e. The maximum atomic E-state index is 6.10. The van der Waals surface area contributed by atoms with Gasteiger partial charge in [0, 0.05) is 29.2 Å². The summed E-state index contributed by atoms with van der Waals surface area (Å²) in [6.07, 6.45) is 4.74. The standard InChI is InChI=1S/C13H15ClN2/c1-8-12(14)5-4-11-9(7-16-13(8)11)6-15-10-2-3-10/h4-5,7,10,15-16H,2-3,6H2,1H3. The van der Waals surface area contributed by atoms with Crippen molar-refractivity contribution in [2.75, 3.05) is 0 Å². The Hall–Kier alpha value is -0.990. The maximum absolute atomic E-state index is 6.10. The average molecular weight is 235 g/mol. The van der Waals surface area contributed by atoms with Crippen molar-refractivity contribution in [2.24, 2.45) is 0 Å². The predicted molar refractivity (Wildman–Crippen MR) is 67.9 cm³/mol. The molecule has 1 aliphatic rings. The van der Waals surface area contributed by atoms with Gasteiger partial charge in [0.05, 0.1) is 5.52 Å². The van der Waals surface area contributed by atoms with Gasteiger partial charge in [-0.15, -0.1) is 0 Å². The summed E-state index contributed by atoms with van der Waals surface area (Å²) in [4.78, 5) is 3.32. The summed E-state index contributed by atoms with van der Waals surface area (Å²) in [6, 6.07) is 4.83. The van der Waals surface area contributed by atoms with E-state index in [0.717, 1.165) is 23.2 Å². The first-order valence-electron chi connectivity index (χ1n) is 5.74. The number of fused-ring (bicyclic) bond motifs is 1. The van der Waals surface area contributed by atoms with E-state index in [1.54, 1.807) is 0 Å². The molecular formula is C13H15ClN2. The van der Waals surface area contributed by atoms with Crippen LogP contribution in [-0.2, 0) is 6.54 Å².